The Balaban J connectivity index is 2.89. The third kappa shape index (κ3) is 5.50. The number of nitrogens with one attached hydrogen (secondary N) is 1. The highest BCUT2D eigenvalue weighted by Crippen LogP contribution is 2.34. The molecule has 0 aliphatic heterocycles. The van der Waals surface area contributed by atoms with Crippen LogP contribution < -0.4 is 5.32 Å². The van der Waals surface area contributed by atoms with Crippen molar-refractivity contribution in [1.29, 1.82) is 0 Å². The number of esters is 1. The Hall–Kier alpha value is -1.05. The minimum absolute atomic E-state index is 0.111. The summed E-state index contributed by atoms with van der Waals surface area (Å²) >= 11 is 3.22. The maximum Gasteiger partial charge on any atom is 0.341 e. The van der Waals surface area contributed by atoms with E-state index in [1.54, 1.807) is 18.7 Å². The zero-order valence-corrected chi connectivity index (χ0v) is 17.0. The van der Waals surface area contributed by atoms with Gasteiger partial charge in [-0.2, -0.15) is 11.8 Å². The number of nitrogens with zero attached hydrogens (tertiary/aromatic N) is 1. The molecule has 0 bridgehead atoms. The predicted molar refractivity (Wildman–Crippen MR) is 103 cm³/mol. The number of hydrogen-bond donors (Lipinski definition) is 1. The largest absolute Gasteiger partial charge is 0.462 e. The molecule has 0 radical (unpaired) electrons. The van der Waals surface area contributed by atoms with Crippen LogP contribution in [0, 0.1) is 6.92 Å². The summed E-state index contributed by atoms with van der Waals surface area (Å²) in [6, 6.07) is 0.312. The standard InChI is InChI=1S/C17H28N2O3S2/c1-7-13-12(4)15(17(21)22-8-2)16(24-13)18-14(20)9-19(5)11(3)10-23-6/h11H,7-10H2,1-6H3,(H,18,20). The third-order valence-electron chi connectivity index (χ3n) is 3.85. The molecule has 1 amide bonds. The fourth-order valence-electron chi connectivity index (χ4n) is 2.35. The molecule has 1 aromatic rings. The lowest BCUT2D eigenvalue weighted by molar-refractivity contribution is -0.117. The smallest absolute Gasteiger partial charge is 0.341 e. The van der Waals surface area contributed by atoms with Crippen LogP contribution >= 0.6 is 23.1 Å². The lowest BCUT2D eigenvalue weighted by Gasteiger charge is -2.23. The lowest BCUT2D eigenvalue weighted by Crippen LogP contribution is -2.37. The second-order valence-corrected chi connectivity index (χ2v) is 7.71. The normalized spacial score (nSPS) is 12.3. The van der Waals surface area contributed by atoms with E-state index in [1.807, 2.05) is 25.8 Å². The van der Waals surface area contributed by atoms with E-state index in [0.717, 1.165) is 22.6 Å². The number of amides is 1. The number of likely N-dealkylation sites (N-methyl/N-ethyl adjacent to an activating group) is 1. The minimum Gasteiger partial charge on any atom is -0.462 e. The molecule has 7 heteroatoms. The Morgan fingerprint density at radius 3 is 2.58 bits per heavy atom. The van der Waals surface area contributed by atoms with Crippen LogP contribution in [-0.2, 0) is 16.0 Å². The number of aryl methyl sites for hydroxylation is 1. The number of carbonyl (C=O) groups excluding carboxylic acids is 2. The van der Waals surface area contributed by atoms with Crippen LogP contribution in [0.25, 0.3) is 0 Å². The molecule has 0 saturated heterocycles. The van der Waals surface area contributed by atoms with Gasteiger partial charge in [0.2, 0.25) is 5.91 Å². The highest BCUT2D eigenvalue weighted by Gasteiger charge is 2.23. The molecule has 0 fully saturated rings. The molecule has 0 aliphatic rings. The van der Waals surface area contributed by atoms with Gasteiger partial charge >= 0.3 is 5.97 Å². The van der Waals surface area contributed by atoms with E-state index in [4.69, 9.17) is 4.74 Å². The van der Waals surface area contributed by atoms with Gasteiger partial charge in [-0.3, -0.25) is 9.69 Å². The zero-order chi connectivity index (χ0) is 18.3. The summed E-state index contributed by atoms with van der Waals surface area (Å²) in [5, 5.41) is 3.50. The van der Waals surface area contributed by atoms with Crippen LogP contribution in [0.15, 0.2) is 0 Å². The van der Waals surface area contributed by atoms with Crippen molar-refractivity contribution in [3.8, 4) is 0 Å². The van der Waals surface area contributed by atoms with Crippen LogP contribution in [-0.4, -0.2) is 55.0 Å². The Kier molecular flexibility index (Phi) is 8.80. The predicted octanol–water partition coefficient (Wildman–Crippen LogP) is 3.42. The topological polar surface area (TPSA) is 58.6 Å². The van der Waals surface area contributed by atoms with E-state index in [1.165, 1.54) is 11.3 Å². The van der Waals surface area contributed by atoms with E-state index < -0.39 is 0 Å². The van der Waals surface area contributed by atoms with Crippen LogP contribution in [0.1, 0.15) is 41.6 Å². The summed E-state index contributed by atoms with van der Waals surface area (Å²) in [7, 11) is 1.93. The summed E-state index contributed by atoms with van der Waals surface area (Å²) < 4.78 is 5.14. The number of hydrogen-bond acceptors (Lipinski definition) is 6. The van der Waals surface area contributed by atoms with Crippen molar-refractivity contribution in [3.63, 3.8) is 0 Å². The van der Waals surface area contributed by atoms with Gasteiger partial charge < -0.3 is 10.1 Å². The number of thiophene rings is 1. The lowest BCUT2D eigenvalue weighted by atomic mass is 10.1. The van der Waals surface area contributed by atoms with Gasteiger partial charge in [0.25, 0.3) is 0 Å². The second kappa shape index (κ2) is 10.1. The van der Waals surface area contributed by atoms with Crippen LogP contribution in [0.4, 0.5) is 5.00 Å². The molecule has 0 aromatic carbocycles. The van der Waals surface area contributed by atoms with E-state index in [-0.39, 0.29) is 11.9 Å². The van der Waals surface area contributed by atoms with Gasteiger partial charge in [0.05, 0.1) is 18.7 Å². The first kappa shape index (κ1) is 21.0. The van der Waals surface area contributed by atoms with Gasteiger partial charge in [-0.25, -0.2) is 4.79 Å². The molecule has 24 heavy (non-hydrogen) atoms. The van der Waals surface area contributed by atoms with Gasteiger partial charge in [-0.05, 0) is 46.1 Å². The average Bonchev–Trinajstić information content (AvgIpc) is 2.83. The van der Waals surface area contributed by atoms with Gasteiger partial charge in [0, 0.05) is 16.7 Å². The SMILES string of the molecule is CCOC(=O)c1c(NC(=O)CN(C)C(C)CSC)sc(CC)c1C. The molecule has 1 atom stereocenters. The van der Waals surface area contributed by atoms with Gasteiger partial charge in [-0.1, -0.05) is 6.92 Å². The maximum absolute atomic E-state index is 12.4. The molecule has 1 unspecified atom stereocenters. The molecular weight excluding hydrogens is 344 g/mol. The quantitative estimate of drug-likeness (QED) is 0.673. The number of rotatable bonds is 9. The molecule has 1 rings (SSSR count). The fraction of sp³-hybridized carbons (Fsp3) is 0.647. The van der Waals surface area contributed by atoms with Crippen LogP contribution in [0.5, 0.6) is 0 Å². The first-order valence-electron chi connectivity index (χ1n) is 8.13. The molecule has 0 saturated carbocycles. The van der Waals surface area contributed by atoms with Crippen LogP contribution in [0.3, 0.4) is 0 Å². The monoisotopic (exact) mass is 372 g/mol. The van der Waals surface area contributed by atoms with Gasteiger partial charge in [-0.15, -0.1) is 11.3 Å². The van der Waals surface area contributed by atoms with E-state index in [0.29, 0.717) is 29.8 Å². The Morgan fingerprint density at radius 2 is 2.04 bits per heavy atom. The van der Waals surface area contributed by atoms with E-state index >= 15 is 0 Å². The zero-order valence-electron chi connectivity index (χ0n) is 15.4. The highest BCUT2D eigenvalue weighted by atomic mass is 32.2. The van der Waals surface area contributed by atoms with Crippen molar-refractivity contribution < 1.29 is 14.3 Å². The van der Waals surface area contributed by atoms with Gasteiger partial charge in [0.15, 0.2) is 0 Å². The number of thioether (sulfide) groups is 1. The van der Waals surface area contributed by atoms with E-state index in [9.17, 15) is 9.59 Å². The van der Waals surface area contributed by atoms with Crippen molar-refractivity contribution in [2.75, 3.05) is 37.5 Å². The number of ether oxygens (including phenoxy) is 1. The van der Waals surface area contributed by atoms with E-state index in [2.05, 4.69) is 18.5 Å². The van der Waals surface area contributed by atoms with Crippen LogP contribution in [0.2, 0.25) is 0 Å². The second-order valence-electron chi connectivity index (χ2n) is 5.70. The number of anilines is 1. The molecule has 136 valence electrons. The summed E-state index contributed by atoms with van der Waals surface area (Å²) in [4.78, 5) is 27.7. The summed E-state index contributed by atoms with van der Waals surface area (Å²) in [6.45, 7) is 8.43. The molecule has 1 N–H and O–H groups in total. The van der Waals surface area contributed by atoms with Gasteiger partial charge in [0.1, 0.15) is 5.00 Å². The number of carbonyl (C=O) groups is 2. The fourth-order valence-corrected chi connectivity index (χ4v) is 4.24. The minimum atomic E-state index is -0.370. The molecule has 1 aromatic heterocycles. The molecule has 5 nitrogen and oxygen atoms in total. The Labute approximate surface area is 153 Å². The molecule has 1 heterocycles. The Bertz CT molecular complexity index is 572. The molecule has 0 spiro atoms. The van der Waals surface area contributed by atoms with Crippen molar-refractivity contribution in [2.45, 2.75) is 40.2 Å². The summed E-state index contributed by atoms with van der Waals surface area (Å²) in [5.41, 5.74) is 1.40. The van der Waals surface area contributed by atoms with Crippen molar-refractivity contribution in [2.24, 2.45) is 0 Å². The highest BCUT2D eigenvalue weighted by molar-refractivity contribution is 7.98. The first-order chi connectivity index (χ1) is 11.3. The average molecular weight is 373 g/mol. The first-order valence-corrected chi connectivity index (χ1v) is 10.3. The van der Waals surface area contributed by atoms with Crippen molar-refractivity contribution in [3.05, 3.63) is 16.0 Å². The Morgan fingerprint density at radius 1 is 1.38 bits per heavy atom. The summed E-state index contributed by atoms with van der Waals surface area (Å²) in [6.07, 6.45) is 2.88. The maximum atomic E-state index is 12.4. The third-order valence-corrected chi connectivity index (χ3v) is 6.02. The summed E-state index contributed by atoms with van der Waals surface area (Å²) in [5.74, 6) is 0.487. The molecule has 0 aliphatic carbocycles. The van der Waals surface area contributed by atoms with Crippen molar-refractivity contribution in [1.82, 2.24) is 4.90 Å². The molecular formula is C17H28N2O3S2. The van der Waals surface area contributed by atoms with Crippen molar-refractivity contribution >= 4 is 40.0 Å².